The molecule has 17 heavy (non-hydrogen) atoms. The Morgan fingerprint density at radius 3 is 2.35 bits per heavy atom. The van der Waals surface area contributed by atoms with Crippen molar-refractivity contribution >= 4 is 6.03 Å². The van der Waals surface area contributed by atoms with Crippen LogP contribution in [0.15, 0.2) is 0 Å². The molecule has 2 atom stereocenters. The third-order valence-corrected chi connectivity index (χ3v) is 4.57. The van der Waals surface area contributed by atoms with E-state index in [2.05, 4.69) is 23.6 Å². The van der Waals surface area contributed by atoms with Crippen molar-refractivity contribution < 1.29 is 4.79 Å². The summed E-state index contributed by atoms with van der Waals surface area (Å²) in [6, 6.07) is 2.02. The van der Waals surface area contributed by atoms with Crippen LogP contribution in [0.1, 0.15) is 33.1 Å². The van der Waals surface area contributed by atoms with Crippen molar-refractivity contribution in [1.29, 1.82) is 0 Å². The van der Waals surface area contributed by atoms with Crippen LogP contribution in [0, 0.1) is 0 Å². The maximum atomic E-state index is 12.3. The molecule has 96 valence electrons. The summed E-state index contributed by atoms with van der Waals surface area (Å²) in [6.07, 6.45) is 3.56. The van der Waals surface area contributed by atoms with E-state index in [1.54, 1.807) is 0 Å². The first-order valence-electron chi connectivity index (χ1n) is 6.98. The minimum Gasteiger partial charge on any atom is -0.325 e. The molecule has 0 radical (unpaired) electrons. The van der Waals surface area contributed by atoms with Crippen molar-refractivity contribution in [1.82, 2.24) is 14.7 Å². The molecule has 3 saturated heterocycles. The lowest BCUT2D eigenvalue weighted by Crippen LogP contribution is -2.53. The highest BCUT2D eigenvalue weighted by Gasteiger charge is 2.46. The Hall–Kier alpha value is -0.770. The smallest absolute Gasteiger partial charge is 0.320 e. The lowest BCUT2D eigenvalue weighted by Gasteiger charge is -2.37. The molecule has 0 aromatic heterocycles. The maximum Gasteiger partial charge on any atom is 0.320 e. The fraction of sp³-hybridized carbons (Fsp3) is 0.923. The van der Waals surface area contributed by atoms with Crippen molar-refractivity contribution in [3.63, 3.8) is 0 Å². The molecule has 0 aromatic carbocycles. The second-order valence-electron chi connectivity index (χ2n) is 5.96. The van der Waals surface area contributed by atoms with Crippen molar-refractivity contribution in [2.75, 3.05) is 26.2 Å². The summed E-state index contributed by atoms with van der Waals surface area (Å²) in [5.41, 5.74) is 0. The predicted molar refractivity (Wildman–Crippen MR) is 66.9 cm³/mol. The summed E-state index contributed by atoms with van der Waals surface area (Å²) >= 11 is 0. The third kappa shape index (κ3) is 1.82. The Bertz CT molecular complexity index is 312. The van der Waals surface area contributed by atoms with Crippen LogP contribution in [-0.2, 0) is 0 Å². The first-order valence-corrected chi connectivity index (χ1v) is 6.98. The molecule has 0 unspecified atom stereocenters. The number of hydrogen-bond donors (Lipinski definition) is 0. The zero-order valence-corrected chi connectivity index (χ0v) is 10.9. The van der Waals surface area contributed by atoms with Gasteiger partial charge in [-0.3, -0.25) is 4.90 Å². The molecule has 0 saturated carbocycles. The first kappa shape index (κ1) is 11.3. The van der Waals surface area contributed by atoms with E-state index in [9.17, 15) is 4.79 Å². The van der Waals surface area contributed by atoms with Crippen LogP contribution in [0.5, 0.6) is 0 Å². The van der Waals surface area contributed by atoms with Crippen molar-refractivity contribution in [2.24, 2.45) is 0 Å². The van der Waals surface area contributed by atoms with Crippen molar-refractivity contribution in [3.05, 3.63) is 0 Å². The summed E-state index contributed by atoms with van der Waals surface area (Å²) in [6.45, 7) is 8.50. The number of carbonyl (C=O) groups is 1. The molecule has 0 aliphatic carbocycles. The van der Waals surface area contributed by atoms with Crippen LogP contribution < -0.4 is 0 Å². The van der Waals surface area contributed by atoms with Gasteiger partial charge >= 0.3 is 6.03 Å². The van der Waals surface area contributed by atoms with Gasteiger partial charge in [-0.25, -0.2) is 4.79 Å². The Morgan fingerprint density at radius 2 is 1.82 bits per heavy atom. The number of fused-ring (bicyclic) bond motifs is 2. The van der Waals surface area contributed by atoms with E-state index in [1.165, 1.54) is 19.3 Å². The fourth-order valence-corrected chi connectivity index (χ4v) is 3.65. The molecular weight excluding hydrogens is 214 g/mol. The number of likely N-dealkylation sites (tertiary alicyclic amines) is 3. The summed E-state index contributed by atoms with van der Waals surface area (Å²) in [7, 11) is 0. The largest absolute Gasteiger partial charge is 0.325 e. The molecule has 4 heteroatoms. The van der Waals surface area contributed by atoms with Crippen LogP contribution in [0.3, 0.4) is 0 Å². The van der Waals surface area contributed by atoms with Crippen molar-refractivity contribution in [3.8, 4) is 0 Å². The minimum atomic E-state index is 0.304. The number of carbonyl (C=O) groups excluding carboxylic acids is 1. The lowest BCUT2D eigenvalue weighted by molar-refractivity contribution is 0.100. The van der Waals surface area contributed by atoms with E-state index in [0.717, 1.165) is 26.2 Å². The number of amides is 2. The molecule has 3 heterocycles. The number of hydrogen-bond acceptors (Lipinski definition) is 2. The minimum absolute atomic E-state index is 0.304. The van der Waals surface area contributed by atoms with E-state index in [1.807, 2.05) is 4.90 Å². The SMILES string of the molecule is CC(C)N1C[C@@H]2C[C@H]1CN2C(=O)N1CCCC1. The topological polar surface area (TPSA) is 26.8 Å². The highest BCUT2D eigenvalue weighted by molar-refractivity contribution is 5.75. The number of rotatable bonds is 1. The van der Waals surface area contributed by atoms with Gasteiger partial charge in [0.2, 0.25) is 0 Å². The number of nitrogens with zero attached hydrogens (tertiary/aromatic N) is 3. The summed E-state index contributed by atoms with van der Waals surface area (Å²) in [5, 5.41) is 0. The van der Waals surface area contributed by atoms with Gasteiger partial charge in [0.1, 0.15) is 0 Å². The van der Waals surface area contributed by atoms with Crippen LogP contribution in [0.2, 0.25) is 0 Å². The van der Waals surface area contributed by atoms with E-state index in [-0.39, 0.29) is 0 Å². The van der Waals surface area contributed by atoms with E-state index in [4.69, 9.17) is 0 Å². The Morgan fingerprint density at radius 1 is 1.12 bits per heavy atom. The average Bonchev–Trinajstić information content (AvgIpc) is 3.02. The molecule has 0 N–H and O–H groups in total. The lowest BCUT2D eigenvalue weighted by atomic mass is 10.2. The molecule has 3 aliphatic rings. The van der Waals surface area contributed by atoms with Gasteiger partial charge in [0.25, 0.3) is 0 Å². The third-order valence-electron chi connectivity index (χ3n) is 4.57. The molecule has 3 aliphatic heterocycles. The molecule has 3 rings (SSSR count). The average molecular weight is 237 g/mol. The molecular formula is C13H23N3O. The van der Waals surface area contributed by atoms with Crippen LogP contribution in [0.25, 0.3) is 0 Å². The molecule has 4 nitrogen and oxygen atoms in total. The molecule has 0 spiro atoms. The van der Waals surface area contributed by atoms with Crippen LogP contribution >= 0.6 is 0 Å². The monoisotopic (exact) mass is 237 g/mol. The van der Waals surface area contributed by atoms with E-state index < -0.39 is 0 Å². The summed E-state index contributed by atoms with van der Waals surface area (Å²) < 4.78 is 0. The van der Waals surface area contributed by atoms with Gasteiger partial charge < -0.3 is 9.80 Å². The van der Waals surface area contributed by atoms with Gasteiger partial charge in [-0.05, 0) is 33.1 Å². The Labute approximate surface area is 104 Å². The zero-order chi connectivity index (χ0) is 12.0. The van der Waals surface area contributed by atoms with Gasteiger partial charge in [0.05, 0.1) is 0 Å². The quantitative estimate of drug-likeness (QED) is 0.688. The van der Waals surface area contributed by atoms with Gasteiger partial charge in [0.15, 0.2) is 0 Å². The summed E-state index contributed by atoms with van der Waals surface area (Å²) in [4.78, 5) is 19.1. The van der Waals surface area contributed by atoms with Gasteiger partial charge in [0, 0.05) is 44.3 Å². The normalized spacial score (nSPS) is 33.1. The second-order valence-corrected chi connectivity index (χ2v) is 5.96. The molecule has 3 fully saturated rings. The van der Waals surface area contributed by atoms with Crippen molar-refractivity contribution in [2.45, 2.75) is 51.2 Å². The number of piperazine rings is 1. The second kappa shape index (κ2) is 4.16. The van der Waals surface area contributed by atoms with Gasteiger partial charge in [-0.15, -0.1) is 0 Å². The summed E-state index contributed by atoms with van der Waals surface area (Å²) in [5.74, 6) is 0. The molecule has 2 amide bonds. The van der Waals surface area contributed by atoms with Crippen LogP contribution in [-0.4, -0.2) is 65.0 Å². The van der Waals surface area contributed by atoms with E-state index in [0.29, 0.717) is 24.2 Å². The predicted octanol–water partition coefficient (Wildman–Crippen LogP) is 1.37. The van der Waals surface area contributed by atoms with E-state index >= 15 is 0 Å². The zero-order valence-electron chi connectivity index (χ0n) is 10.9. The standard InChI is InChI=1S/C13H23N3O/c1-10(2)15-8-12-7-11(15)9-16(12)13(17)14-5-3-4-6-14/h10-12H,3-9H2,1-2H3/t11-,12-/m0/s1. The molecule has 0 aromatic rings. The fourth-order valence-electron chi connectivity index (χ4n) is 3.65. The highest BCUT2D eigenvalue weighted by Crippen LogP contribution is 2.33. The Kier molecular flexibility index (Phi) is 2.77. The maximum absolute atomic E-state index is 12.3. The van der Waals surface area contributed by atoms with Gasteiger partial charge in [-0.1, -0.05) is 0 Å². The first-order chi connectivity index (χ1) is 8.16. The number of urea groups is 1. The Balaban J connectivity index is 1.63. The highest BCUT2D eigenvalue weighted by atomic mass is 16.2. The molecule has 2 bridgehead atoms. The van der Waals surface area contributed by atoms with Crippen LogP contribution in [0.4, 0.5) is 4.79 Å². The van der Waals surface area contributed by atoms with Gasteiger partial charge in [-0.2, -0.15) is 0 Å².